The fourth-order valence-electron chi connectivity index (χ4n) is 1.60. The molecule has 2 N–H and O–H groups in total. The summed E-state index contributed by atoms with van der Waals surface area (Å²) in [5.41, 5.74) is 0.544. The molecule has 0 radical (unpaired) electrons. The molecular weight excluding hydrogens is 357 g/mol. The highest BCUT2D eigenvalue weighted by atomic mass is 35.5. The molecule has 0 unspecified atom stereocenters. The summed E-state index contributed by atoms with van der Waals surface area (Å²) in [5.74, 6) is -1.21. The van der Waals surface area contributed by atoms with E-state index in [1.54, 1.807) is 12.3 Å². The average Bonchev–Trinajstić information content (AvgIpc) is 2.73. The van der Waals surface area contributed by atoms with Crippen LogP contribution in [0.1, 0.15) is 15.2 Å². The average molecular weight is 366 g/mol. The zero-order valence-corrected chi connectivity index (χ0v) is 13.7. The van der Waals surface area contributed by atoms with Crippen molar-refractivity contribution in [3.8, 4) is 0 Å². The summed E-state index contributed by atoms with van der Waals surface area (Å²) in [6.45, 7) is 1.61. The standard InChI is InChI=1S/C12H9Cl2NO4S2/c1-6-5-20-11(12(16)17)10(6)15-21(18,19)9-4-7(13)2-3-8(9)14/h2-5,15H,1H3,(H,16,17). The van der Waals surface area contributed by atoms with Gasteiger partial charge in [-0.05, 0) is 36.1 Å². The summed E-state index contributed by atoms with van der Waals surface area (Å²) in [7, 11) is -4.04. The molecule has 0 spiro atoms. The Kier molecular flexibility index (Phi) is 4.48. The van der Waals surface area contributed by atoms with Crippen LogP contribution >= 0.6 is 34.5 Å². The van der Waals surface area contributed by atoms with Crippen LogP contribution in [-0.2, 0) is 10.0 Å². The molecule has 0 aliphatic carbocycles. The zero-order valence-electron chi connectivity index (χ0n) is 10.6. The Labute approximate surface area is 135 Å². The maximum absolute atomic E-state index is 12.4. The normalized spacial score (nSPS) is 11.4. The summed E-state index contributed by atoms with van der Waals surface area (Å²) in [6.07, 6.45) is 0. The van der Waals surface area contributed by atoms with Gasteiger partial charge >= 0.3 is 5.97 Å². The number of carboxylic acids is 1. The van der Waals surface area contributed by atoms with Gasteiger partial charge in [0.05, 0.1) is 10.7 Å². The molecular formula is C12H9Cl2NO4S2. The highest BCUT2D eigenvalue weighted by Gasteiger charge is 2.24. The van der Waals surface area contributed by atoms with Crippen molar-refractivity contribution < 1.29 is 18.3 Å². The number of hydrogen-bond acceptors (Lipinski definition) is 4. The second-order valence-electron chi connectivity index (χ2n) is 4.11. The lowest BCUT2D eigenvalue weighted by Crippen LogP contribution is -2.15. The summed E-state index contributed by atoms with van der Waals surface area (Å²) in [6, 6.07) is 4.02. The molecule has 2 rings (SSSR count). The summed E-state index contributed by atoms with van der Waals surface area (Å²) >= 11 is 12.6. The first-order valence-electron chi connectivity index (χ1n) is 5.51. The number of anilines is 1. The third-order valence-electron chi connectivity index (χ3n) is 2.59. The molecule has 21 heavy (non-hydrogen) atoms. The second-order valence-corrected chi connectivity index (χ2v) is 7.48. The predicted octanol–water partition coefficient (Wildman–Crippen LogP) is 3.86. The van der Waals surface area contributed by atoms with Crippen molar-refractivity contribution in [3.63, 3.8) is 0 Å². The Morgan fingerprint density at radius 3 is 2.62 bits per heavy atom. The van der Waals surface area contributed by atoms with Crippen LogP contribution in [0.2, 0.25) is 10.0 Å². The third-order valence-corrected chi connectivity index (χ3v) is 5.74. The monoisotopic (exact) mass is 365 g/mol. The molecule has 0 atom stereocenters. The van der Waals surface area contributed by atoms with E-state index in [0.29, 0.717) is 5.56 Å². The SMILES string of the molecule is Cc1csc(C(=O)O)c1NS(=O)(=O)c1cc(Cl)ccc1Cl. The number of aryl methyl sites for hydroxylation is 1. The number of benzene rings is 1. The van der Waals surface area contributed by atoms with Gasteiger partial charge in [-0.3, -0.25) is 4.72 Å². The van der Waals surface area contributed by atoms with Crippen LogP contribution in [0.5, 0.6) is 0 Å². The van der Waals surface area contributed by atoms with Crippen molar-refractivity contribution in [2.24, 2.45) is 0 Å². The van der Waals surface area contributed by atoms with Crippen molar-refractivity contribution in [3.05, 3.63) is 44.1 Å². The molecule has 2 aromatic rings. The van der Waals surface area contributed by atoms with Crippen molar-refractivity contribution >= 4 is 56.2 Å². The minimum atomic E-state index is -4.04. The number of aromatic carboxylic acids is 1. The minimum absolute atomic E-state index is 0.00309. The van der Waals surface area contributed by atoms with Gasteiger partial charge in [0.1, 0.15) is 9.77 Å². The van der Waals surface area contributed by atoms with Gasteiger partial charge < -0.3 is 5.11 Å². The number of carboxylic acid groups (broad SMARTS) is 1. The van der Waals surface area contributed by atoms with Crippen molar-refractivity contribution in [1.29, 1.82) is 0 Å². The van der Waals surface area contributed by atoms with Gasteiger partial charge in [-0.25, -0.2) is 13.2 Å². The molecule has 0 aliphatic heterocycles. The van der Waals surface area contributed by atoms with E-state index in [2.05, 4.69) is 4.72 Å². The smallest absolute Gasteiger partial charge is 0.348 e. The molecule has 1 aromatic heterocycles. The van der Waals surface area contributed by atoms with Crippen LogP contribution in [0.25, 0.3) is 0 Å². The molecule has 0 fully saturated rings. The summed E-state index contributed by atoms with van der Waals surface area (Å²) in [5, 5.41) is 10.8. The van der Waals surface area contributed by atoms with E-state index in [-0.39, 0.29) is 25.5 Å². The number of carbonyl (C=O) groups is 1. The first-order valence-corrected chi connectivity index (χ1v) is 8.63. The molecule has 0 aliphatic rings. The van der Waals surface area contributed by atoms with Crippen LogP contribution in [0.4, 0.5) is 5.69 Å². The van der Waals surface area contributed by atoms with E-state index < -0.39 is 16.0 Å². The lowest BCUT2D eigenvalue weighted by molar-refractivity contribution is 0.0703. The Bertz CT molecular complexity index is 815. The van der Waals surface area contributed by atoms with Crippen molar-refractivity contribution in [2.45, 2.75) is 11.8 Å². The number of rotatable bonds is 4. The van der Waals surface area contributed by atoms with Crippen LogP contribution < -0.4 is 4.72 Å². The summed E-state index contributed by atoms with van der Waals surface area (Å²) in [4.78, 5) is 10.8. The molecule has 0 saturated heterocycles. The second kappa shape index (κ2) is 5.84. The van der Waals surface area contributed by atoms with E-state index in [1.807, 2.05) is 0 Å². The quantitative estimate of drug-likeness (QED) is 0.861. The molecule has 112 valence electrons. The Morgan fingerprint density at radius 2 is 2.00 bits per heavy atom. The fourth-order valence-corrected chi connectivity index (χ4v) is 4.42. The molecule has 1 aromatic carbocycles. The Balaban J connectivity index is 2.50. The molecule has 0 bridgehead atoms. The van der Waals surface area contributed by atoms with Gasteiger partial charge in [0, 0.05) is 5.02 Å². The van der Waals surface area contributed by atoms with E-state index >= 15 is 0 Å². The number of hydrogen-bond donors (Lipinski definition) is 2. The molecule has 1 heterocycles. The van der Waals surface area contributed by atoms with E-state index in [4.69, 9.17) is 28.3 Å². The van der Waals surface area contributed by atoms with Crippen LogP contribution in [-0.4, -0.2) is 19.5 Å². The molecule has 5 nitrogen and oxygen atoms in total. The third kappa shape index (κ3) is 3.32. The number of thiophene rings is 1. The molecule has 0 amide bonds. The van der Waals surface area contributed by atoms with Crippen LogP contribution in [0, 0.1) is 6.92 Å². The number of sulfonamides is 1. The maximum Gasteiger partial charge on any atom is 0.348 e. The zero-order chi connectivity index (χ0) is 15.8. The van der Waals surface area contributed by atoms with Gasteiger partial charge in [0.15, 0.2) is 0 Å². The van der Waals surface area contributed by atoms with Gasteiger partial charge in [-0.15, -0.1) is 11.3 Å². The predicted molar refractivity (Wildman–Crippen MR) is 83.3 cm³/mol. The van der Waals surface area contributed by atoms with Gasteiger partial charge in [-0.1, -0.05) is 23.2 Å². The van der Waals surface area contributed by atoms with Crippen LogP contribution in [0.15, 0.2) is 28.5 Å². The van der Waals surface area contributed by atoms with Crippen molar-refractivity contribution in [1.82, 2.24) is 0 Å². The maximum atomic E-state index is 12.4. The van der Waals surface area contributed by atoms with Crippen molar-refractivity contribution in [2.75, 3.05) is 4.72 Å². The van der Waals surface area contributed by atoms with E-state index in [1.165, 1.54) is 18.2 Å². The van der Waals surface area contributed by atoms with Gasteiger partial charge in [-0.2, -0.15) is 0 Å². The first-order chi connectivity index (χ1) is 9.72. The number of halogens is 2. The largest absolute Gasteiger partial charge is 0.477 e. The lowest BCUT2D eigenvalue weighted by atomic mass is 10.3. The highest BCUT2D eigenvalue weighted by Crippen LogP contribution is 2.32. The molecule has 9 heteroatoms. The first kappa shape index (κ1) is 16.1. The van der Waals surface area contributed by atoms with Crippen LogP contribution in [0.3, 0.4) is 0 Å². The Morgan fingerprint density at radius 1 is 1.33 bits per heavy atom. The number of nitrogens with one attached hydrogen (secondary N) is 1. The lowest BCUT2D eigenvalue weighted by Gasteiger charge is -2.10. The van der Waals surface area contributed by atoms with E-state index in [0.717, 1.165) is 11.3 Å². The van der Waals surface area contributed by atoms with E-state index in [9.17, 15) is 13.2 Å². The minimum Gasteiger partial charge on any atom is -0.477 e. The van der Waals surface area contributed by atoms with Gasteiger partial charge in [0.25, 0.3) is 10.0 Å². The Hall–Kier alpha value is -1.28. The fraction of sp³-hybridized carbons (Fsp3) is 0.0833. The highest BCUT2D eigenvalue weighted by molar-refractivity contribution is 7.92. The summed E-state index contributed by atoms with van der Waals surface area (Å²) < 4.78 is 27.0. The topological polar surface area (TPSA) is 83.5 Å². The molecule has 0 saturated carbocycles. The van der Waals surface area contributed by atoms with Gasteiger partial charge in [0.2, 0.25) is 0 Å².